The van der Waals surface area contributed by atoms with Crippen molar-refractivity contribution in [3.63, 3.8) is 0 Å². The number of hydrogen-bond donors (Lipinski definition) is 1. The zero-order valence-corrected chi connectivity index (χ0v) is 13.9. The number of amides is 1. The highest BCUT2D eigenvalue weighted by atomic mass is 32.2. The standard InChI is InChI=1S/C15H18FN3O3S/c1-4-10(2)19-11(3)14(9-17-19)15(20)18-23(21,22)13-7-5-12(16)6-8-13/h5-10H,4H2,1-3H3,(H,18,20)/t10-/m0/s1. The molecule has 0 radical (unpaired) electrons. The third-order valence-electron chi connectivity index (χ3n) is 3.65. The second-order valence-electron chi connectivity index (χ2n) is 5.23. The van der Waals surface area contributed by atoms with Gasteiger partial charge in [-0.1, -0.05) is 6.92 Å². The highest BCUT2D eigenvalue weighted by Crippen LogP contribution is 2.17. The van der Waals surface area contributed by atoms with Gasteiger partial charge in [-0.25, -0.2) is 17.5 Å². The molecule has 0 spiro atoms. The molecule has 8 heteroatoms. The Morgan fingerprint density at radius 2 is 1.96 bits per heavy atom. The molecule has 0 aliphatic heterocycles. The highest BCUT2D eigenvalue weighted by molar-refractivity contribution is 7.90. The van der Waals surface area contributed by atoms with Gasteiger partial charge in [0.25, 0.3) is 15.9 Å². The second kappa shape index (κ2) is 6.49. The Bertz CT molecular complexity index is 813. The molecule has 0 aliphatic carbocycles. The summed E-state index contributed by atoms with van der Waals surface area (Å²) < 4.78 is 40.8. The molecule has 1 N–H and O–H groups in total. The number of sulfonamides is 1. The van der Waals surface area contributed by atoms with E-state index in [9.17, 15) is 17.6 Å². The monoisotopic (exact) mass is 339 g/mol. The van der Waals surface area contributed by atoms with Gasteiger partial charge >= 0.3 is 0 Å². The van der Waals surface area contributed by atoms with Crippen molar-refractivity contribution in [3.8, 4) is 0 Å². The number of halogens is 1. The summed E-state index contributed by atoms with van der Waals surface area (Å²) in [5.41, 5.74) is 0.780. The van der Waals surface area contributed by atoms with Crippen LogP contribution in [0.1, 0.15) is 42.4 Å². The number of aromatic nitrogens is 2. The molecule has 0 saturated carbocycles. The predicted molar refractivity (Wildman–Crippen MR) is 83.0 cm³/mol. The lowest BCUT2D eigenvalue weighted by Crippen LogP contribution is -2.31. The van der Waals surface area contributed by atoms with Crippen molar-refractivity contribution in [2.75, 3.05) is 0 Å². The molecule has 0 unspecified atom stereocenters. The van der Waals surface area contributed by atoms with E-state index < -0.39 is 21.7 Å². The van der Waals surface area contributed by atoms with Crippen molar-refractivity contribution >= 4 is 15.9 Å². The quantitative estimate of drug-likeness (QED) is 0.907. The first kappa shape index (κ1) is 17.1. The Labute approximate surface area is 134 Å². The minimum atomic E-state index is -4.06. The number of nitrogens with one attached hydrogen (secondary N) is 1. The second-order valence-corrected chi connectivity index (χ2v) is 6.92. The van der Waals surface area contributed by atoms with Gasteiger partial charge in [0.05, 0.1) is 16.7 Å². The average Bonchev–Trinajstić information content (AvgIpc) is 2.88. The van der Waals surface area contributed by atoms with E-state index in [1.165, 1.54) is 6.20 Å². The molecule has 2 rings (SSSR count). The molecule has 0 fully saturated rings. The molecule has 1 amide bonds. The van der Waals surface area contributed by atoms with Gasteiger partial charge in [-0.05, 0) is 44.5 Å². The SMILES string of the molecule is CC[C@H](C)n1ncc(C(=O)NS(=O)(=O)c2ccc(F)cc2)c1C. The van der Waals surface area contributed by atoms with Crippen molar-refractivity contribution < 1.29 is 17.6 Å². The summed E-state index contributed by atoms with van der Waals surface area (Å²) in [5.74, 6) is -1.32. The Morgan fingerprint density at radius 3 is 2.52 bits per heavy atom. The van der Waals surface area contributed by atoms with Crippen LogP contribution in [-0.4, -0.2) is 24.1 Å². The fraction of sp³-hybridized carbons (Fsp3) is 0.333. The van der Waals surface area contributed by atoms with Crippen LogP contribution in [0.4, 0.5) is 4.39 Å². The van der Waals surface area contributed by atoms with E-state index in [-0.39, 0.29) is 16.5 Å². The maximum absolute atomic E-state index is 12.9. The Hall–Kier alpha value is -2.22. The topological polar surface area (TPSA) is 81.1 Å². The van der Waals surface area contributed by atoms with Crippen LogP contribution in [0.5, 0.6) is 0 Å². The molecule has 124 valence electrons. The molecule has 0 saturated heterocycles. The van der Waals surface area contributed by atoms with E-state index in [2.05, 4.69) is 5.10 Å². The van der Waals surface area contributed by atoms with Gasteiger partial charge < -0.3 is 0 Å². The summed E-state index contributed by atoms with van der Waals surface area (Å²) in [4.78, 5) is 12.0. The fourth-order valence-corrected chi connectivity index (χ4v) is 3.08. The minimum Gasteiger partial charge on any atom is -0.268 e. The lowest BCUT2D eigenvalue weighted by atomic mass is 10.2. The molecule has 0 aliphatic rings. The van der Waals surface area contributed by atoms with Crippen LogP contribution >= 0.6 is 0 Å². The van der Waals surface area contributed by atoms with Crippen LogP contribution in [-0.2, 0) is 10.0 Å². The smallest absolute Gasteiger partial charge is 0.268 e. The van der Waals surface area contributed by atoms with Crippen molar-refractivity contribution in [2.24, 2.45) is 0 Å². The van der Waals surface area contributed by atoms with Crippen LogP contribution in [0, 0.1) is 12.7 Å². The largest absolute Gasteiger partial charge is 0.268 e. The number of rotatable bonds is 5. The van der Waals surface area contributed by atoms with Crippen molar-refractivity contribution in [3.05, 3.63) is 47.5 Å². The maximum Gasteiger partial charge on any atom is 0.268 e. The normalized spacial score (nSPS) is 12.9. The number of carbonyl (C=O) groups is 1. The molecule has 1 aromatic carbocycles. The van der Waals surface area contributed by atoms with E-state index in [0.717, 1.165) is 30.7 Å². The van der Waals surface area contributed by atoms with Gasteiger partial charge in [0.15, 0.2) is 0 Å². The maximum atomic E-state index is 12.9. The number of carbonyl (C=O) groups excluding carboxylic acids is 1. The molecule has 1 heterocycles. The van der Waals surface area contributed by atoms with Crippen LogP contribution in [0.3, 0.4) is 0 Å². The summed E-state index contributed by atoms with van der Waals surface area (Å²) in [6.07, 6.45) is 2.18. The van der Waals surface area contributed by atoms with Crippen LogP contribution in [0.2, 0.25) is 0 Å². The van der Waals surface area contributed by atoms with Gasteiger partial charge in [-0.15, -0.1) is 0 Å². The molecule has 1 aromatic heterocycles. The molecule has 23 heavy (non-hydrogen) atoms. The third-order valence-corrected chi connectivity index (χ3v) is 5.00. The lowest BCUT2D eigenvalue weighted by molar-refractivity contribution is 0.0980. The van der Waals surface area contributed by atoms with Gasteiger partial charge in [-0.2, -0.15) is 5.10 Å². The van der Waals surface area contributed by atoms with E-state index >= 15 is 0 Å². The Morgan fingerprint density at radius 1 is 1.35 bits per heavy atom. The first-order chi connectivity index (χ1) is 10.8. The zero-order valence-electron chi connectivity index (χ0n) is 13.1. The first-order valence-electron chi connectivity index (χ1n) is 7.13. The zero-order chi connectivity index (χ0) is 17.2. The van der Waals surface area contributed by atoms with Crippen LogP contribution in [0.15, 0.2) is 35.4 Å². The van der Waals surface area contributed by atoms with E-state index in [0.29, 0.717) is 5.69 Å². The number of benzene rings is 1. The number of hydrogen-bond acceptors (Lipinski definition) is 4. The van der Waals surface area contributed by atoms with E-state index in [1.54, 1.807) is 11.6 Å². The Kier molecular flexibility index (Phi) is 4.84. The Balaban J connectivity index is 2.25. The first-order valence-corrected chi connectivity index (χ1v) is 8.61. The van der Waals surface area contributed by atoms with Gasteiger partial charge in [-0.3, -0.25) is 9.48 Å². The highest BCUT2D eigenvalue weighted by Gasteiger charge is 2.22. The number of nitrogens with zero attached hydrogens (tertiary/aromatic N) is 2. The molecule has 1 atom stereocenters. The molecule has 2 aromatic rings. The molecule has 6 nitrogen and oxygen atoms in total. The summed E-state index contributed by atoms with van der Waals surface area (Å²) in [5, 5.41) is 4.13. The van der Waals surface area contributed by atoms with Gasteiger partial charge in [0.1, 0.15) is 5.82 Å². The lowest BCUT2D eigenvalue weighted by Gasteiger charge is -2.12. The molecular formula is C15H18FN3O3S. The van der Waals surface area contributed by atoms with Crippen molar-refractivity contribution in [1.82, 2.24) is 14.5 Å². The van der Waals surface area contributed by atoms with Crippen molar-refractivity contribution in [1.29, 1.82) is 0 Å². The molecule has 0 bridgehead atoms. The van der Waals surface area contributed by atoms with E-state index in [4.69, 9.17) is 0 Å². The minimum absolute atomic E-state index is 0.102. The van der Waals surface area contributed by atoms with Gasteiger partial charge in [0.2, 0.25) is 0 Å². The summed E-state index contributed by atoms with van der Waals surface area (Å²) >= 11 is 0. The third kappa shape index (κ3) is 3.58. The summed E-state index contributed by atoms with van der Waals surface area (Å²) in [6, 6.07) is 4.34. The predicted octanol–water partition coefficient (Wildman–Crippen LogP) is 2.42. The van der Waals surface area contributed by atoms with Crippen molar-refractivity contribution in [2.45, 2.75) is 38.1 Å². The fourth-order valence-electron chi connectivity index (χ4n) is 2.11. The molecular weight excluding hydrogens is 321 g/mol. The summed E-state index contributed by atoms with van der Waals surface area (Å²) in [6.45, 7) is 5.65. The van der Waals surface area contributed by atoms with Crippen LogP contribution < -0.4 is 4.72 Å². The van der Waals surface area contributed by atoms with Gasteiger partial charge in [0, 0.05) is 11.7 Å². The van der Waals surface area contributed by atoms with E-state index in [1.807, 2.05) is 18.6 Å². The average molecular weight is 339 g/mol. The summed E-state index contributed by atoms with van der Waals surface area (Å²) in [7, 11) is -4.06. The van der Waals surface area contributed by atoms with Crippen LogP contribution in [0.25, 0.3) is 0 Å².